The van der Waals surface area contributed by atoms with E-state index < -0.39 is 0 Å². The Morgan fingerprint density at radius 3 is 2.56 bits per heavy atom. The fourth-order valence-electron chi connectivity index (χ4n) is 2.41. The van der Waals surface area contributed by atoms with Gasteiger partial charge in [0.25, 0.3) is 0 Å². The van der Waals surface area contributed by atoms with Crippen LogP contribution in [0.25, 0.3) is 0 Å². The molecule has 1 aromatic rings. The van der Waals surface area contributed by atoms with Crippen molar-refractivity contribution in [2.45, 2.75) is 45.4 Å². The first-order chi connectivity index (χ1) is 8.75. The molecule has 0 aliphatic heterocycles. The lowest BCUT2D eigenvalue weighted by molar-refractivity contribution is 0.101. The summed E-state index contributed by atoms with van der Waals surface area (Å²) in [5.74, 6) is 1.34. The van der Waals surface area contributed by atoms with Crippen molar-refractivity contribution in [2.24, 2.45) is 5.92 Å². The van der Waals surface area contributed by atoms with Crippen LogP contribution in [-0.4, -0.2) is 17.4 Å². The highest BCUT2D eigenvalue weighted by Crippen LogP contribution is 2.23. The van der Waals surface area contributed by atoms with Crippen LogP contribution in [0.15, 0.2) is 18.3 Å². The maximum atomic E-state index is 11.1. The zero-order valence-electron chi connectivity index (χ0n) is 11.0. The first-order valence-electron chi connectivity index (χ1n) is 6.85. The van der Waals surface area contributed by atoms with Crippen LogP contribution in [0.2, 0.25) is 0 Å². The summed E-state index contributed by atoms with van der Waals surface area (Å²) in [6, 6.07) is 3.56. The molecule has 1 aliphatic carbocycles. The lowest BCUT2D eigenvalue weighted by atomic mass is 10.0. The van der Waals surface area contributed by atoms with Crippen molar-refractivity contribution in [2.75, 3.05) is 6.61 Å². The molecule has 98 valence electrons. The molecule has 0 saturated heterocycles. The number of pyridine rings is 1. The average Bonchev–Trinajstić information content (AvgIpc) is 2.65. The van der Waals surface area contributed by atoms with Gasteiger partial charge in [-0.05, 0) is 31.7 Å². The number of Topliss-reactive ketones (excluding diaryl/α,β-unsaturated/α-hetero) is 1. The van der Waals surface area contributed by atoms with E-state index in [2.05, 4.69) is 4.98 Å². The molecule has 0 spiro atoms. The molecular weight excluding hydrogens is 226 g/mol. The van der Waals surface area contributed by atoms with Crippen molar-refractivity contribution in [1.29, 1.82) is 0 Å². The number of ether oxygens (including phenoxy) is 1. The summed E-state index contributed by atoms with van der Waals surface area (Å²) in [4.78, 5) is 15.3. The van der Waals surface area contributed by atoms with Gasteiger partial charge in [-0.3, -0.25) is 4.79 Å². The van der Waals surface area contributed by atoms with Crippen LogP contribution in [0, 0.1) is 5.92 Å². The van der Waals surface area contributed by atoms with E-state index >= 15 is 0 Å². The molecule has 0 unspecified atom stereocenters. The number of aromatic nitrogens is 1. The molecule has 1 aromatic heterocycles. The van der Waals surface area contributed by atoms with Gasteiger partial charge in [0.1, 0.15) is 0 Å². The molecule has 0 amide bonds. The number of rotatable bonds is 4. The Kier molecular flexibility index (Phi) is 4.73. The number of nitrogens with zero attached hydrogens (tertiary/aromatic N) is 1. The summed E-state index contributed by atoms with van der Waals surface area (Å²) in [5.41, 5.74) is 0.636. The summed E-state index contributed by atoms with van der Waals surface area (Å²) in [5, 5.41) is 0. The van der Waals surface area contributed by atoms with Crippen LogP contribution < -0.4 is 4.74 Å². The van der Waals surface area contributed by atoms with Gasteiger partial charge in [0, 0.05) is 17.8 Å². The Morgan fingerprint density at radius 1 is 1.28 bits per heavy atom. The minimum atomic E-state index is 0.0396. The van der Waals surface area contributed by atoms with Crippen molar-refractivity contribution in [1.82, 2.24) is 4.98 Å². The van der Waals surface area contributed by atoms with E-state index in [-0.39, 0.29) is 5.78 Å². The molecule has 0 bridgehead atoms. The topological polar surface area (TPSA) is 39.2 Å². The van der Waals surface area contributed by atoms with Crippen LogP contribution in [-0.2, 0) is 0 Å². The molecule has 18 heavy (non-hydrogen) atoms. The van der Waals surface area contributed by atoms with Gasteiger partial charge in [-0.1, -0.05) is 25.7 Å². The van der Waals surface area contributed by atoms with E-state index in [1.807, 2.05) is 0 Å². The monoisotopic (exact) mass is 247 g/mol. The quantitative estimate of drug-likeness (QED) is 0.602. The molecule has 0 atom stereocenters. The van der Waals surface area contributed by atoms with Crippen LogP contribution in [0.4, 0.5) is 0 Å². The van der Waals surface area contributed by atoms with Crippen molar-refractivity contribution in [3.05, 3.63) is 23.9 Å². The van der Waals surface area contributed by atoms with Gasteiger partial charge in [-0.2, -0.15) is 0 Å². The maximum Gasteiger partial charge on any atom is 0.213 e. The van der Waals surface area contributed by atoms with E-state index in [1.54, 1.807) is 25.3 Å². The minimum Gasteiger partial charge on any atom is -0.477 e. The summed E-state index contributed by atoms with van der Waals surface area (Å²) in [7, 11) is 0. The minimum absolute atomic E-state index is 0.0396. The smallest absolute Gasteiger partial charge is 0.213 e. The third-order valence-electron chi connectivity index (χ3n) is 3.58. The molecule has 1 saturated carbocycles. The molecule has 0 radical (unpaired) electrons. The van der Waals surface area contributed by atoms with Gasteiger partial charge in [0.15, 0.2) is 5.78 Å². The van der Waals surface area contributed by atoms with Gasteiger partial charge < -0.3 is 4.74 Å². The average molecular weight is 247 g/mol. The number of ketones is 1. The van der Waals surface area contributed by atoms with Crippen LogP contribution in [0.5, 0.6) is 5.88 Å². The summed E-state index contributed by atoms with van der Waals surface area (Å²) < 4.78 is 5.71. The van der Waals surface area contributed by atoms with Gasteiger partial charge in [-0.15, -0.1) is 0 Å². The predicted octanol–water partition coefficient (Wildman–Crippen LogP) is 3.63. The van der Waals surface area contributed by atoms with E-state index in [4.69, 9.17) is 4.74 Å². The number of carbonyl (C=O) groups excluding carboxylic acids is 1. The molecule has 0 aromatic carbocycles. The van der Waals surface area contributed by atoms with Gasteiger partial charge >= 0.3 is 0 Å². The predicted molar refractivity (Wildman–Crippen MR) is 70.9 cm³/mol. The van der Waals surface area contributed by atoms with Crippen molar-refractivity contribution >= 4 is 5.78 Å². The van der Waals surface area contributed by atoms with Gasteiger partial charge in [-0.25, -0.2) is 4.98 Å². The number of hydrogen-bond acceptors (Lipinski definition) is 3. The molecule has 0 N–H and O–H groups in total. The summed E-state index contributed by atoms with van der Waals surface area (Å²) >= 11 is 0. The highest BCUT2D eigenvalue weighted by atomic mass is 16.5. The molecular formula is C15H21NO2. The zero-order valence-corrected chi connectivity index (χ0v) is 11.0. The third kappa shape index (κ3) is 3.83. The molecule has 3 heteroatoms. The lowest BCUT2D eigenvalue weighted by Crippen LogP contribution is -2.12. The second kappa shape index (κ2) is 6.53. The fraction of sp³-hybridized carbons (Fsp3) is 0.600. The van der Waals surface area contributed by atoms with Crippen LogP contribution in [0.1, 0.15) is 55.8 Å². The molecule has 1 heterocycles. The van der Waals surface area contributed by atoms with Crippen molar-refractivity contribution < 1.29 is 9.53 Å². The maximum absolute atomic E-state index is 11.1. The third-order valence-corrected chi connectivity index (χ3v) is 3.58. The Hall–Kier alpha value is -1.38. The highest BCUT2D eigenvalue weighted by Gasteiger charge is 2.13. The Labute approximate surface area is 109 Å². The molecule has 3 nitrogen and oxygen atoms in total. The van der Waals surface area contributed by atoms with Gasteiger partial charge in [0.05, 0.1) is 6.61 Å². The van der Waals surface area contributed by atoms with E-state index in [0.29, 0.717) is 17.4 Å². The highest BCUT2D eigenvalue weighted by molar-refractivity contribution is 5.93. The molecule has 1 aliphatic rings. The lowest BCUT2D eigenvalue weighted by Gasteiger charge is -2.14. The van der Waals surface area contributed by atoms with Crippen molar-refractivity contribution in [3.63, 3.8) is 0 Å². The first-order valence-corrected chi connectivity index (χ1v) is 6.85. The largest absolute Gasteiger partial charge is 0.477 e. The van der Waals surface area contributed by atoms with Crippen LogP contribution in [0.3, 0.4) is 0 Å². The van der Waals surface area contributed by atoms with Crippen molar-refractivity contribution in [3.8, 4) is 5.88 Å². The van der Waals surface area contributed by atoms with Crippen LogP contribution >= 0.6 is 0 Å². The summed E-state index contributed by atoms with van der Waals surface area (Å²) in [6.45, 7) is 2.30. The molecule has 1 fully saturated rings. The molecule has 2 rings (SSSR count). The fourth-order valence-corrected chi connectivity index (χ4v) is 2.41. The normalized spacial score (nSPS) is 17.2. The Bertz CT molecular complexity index is 378. The number of hydrogen-bond donors (Lipinski definition) is 0. The Balaban J connectivity index is 1.83. The SMILES string of the molecule is CC(=O)c1ccc(OCC2CCCCCC2)nc1. The van der Waals surface area contributed by atoms with Gasteiger partial charge in [0.2, 0.25) is 5.88 Å². The number of carbonyl (C=O) groups is 1. The van der Waals surface area contributed by atoms with E-state index in [0.717, 1.165) is 6.61 Å². The standard InChI is InChI=1S/C15H21NO2/c1-12(17)14-8-9-15(16-10-14)18-11-13-6-4-2-3-5-7-13/h8-10,13H,2-7,11H2,1H3. The summed E-state index contributed by atoms with van der Waals surface area (Å²) in [6.07, 6.45) is 9.50. The first kappa shape index (κ1) is 13.1. The second-order valence-electron chi connectivity index (χ2n) is 5.11. The van der Waals surface area contributed by atoms with E-state index in [9.17, 15) is 4.79 Å². The second-order valence-corrected chi connectivity index (χ2v) is 5.11. The zero-order chi connectivity index (χ0) is 12.8. The van der Waals surface area contributed by atoms with E-state index in [1.165, 1.54) is 38.5 Å². The Morgan fingerprint density at radius 2 is 2.00 bits per heavy atom.